The molecule has 1 saturated heterocycles. The van der Waals surface area contributed by atoms with Crippen molar-refractivity contribution in [1.29, 1.82) is 0 Å². The Bertz CT molecular complexity index is 844. The first kappa shape index (κ1) is 22.1. The number of aliphatic carboxylic acids is 1. The number of benzene rings is 1. The summed E-state index contributed by atoms with van der Waals surface area (Å²) in [5, 5.41) is 13.2. The third-order valence-corrected chi connectivity index (χ3v) is 5.79. The summed E-state index contributed by atoms with van der Waals surface area (Å²) >= 11 is 0. The predicted molar refractivity (Wildman–Crippen MR) is 102 cm³/mol. The molecule has 0 unspecified atom stereocenters. The van der Waals surface area contributed by atoms with Gasteiger partial charge in [-0.2, -0.15) is 13.2 Å². The third-order valence-electron chi connectivity index (χ3n) is 5.79. The molecule has 10 heteroatoms. The second kappa shape index (κ2) is 8.25. The number of amides is 2. The fourth-order valence-electron chi connectivity index (χ4n) is 3.80. The number of nitrogens with one attached hydrogen (secondary N) is 2. The van der Waals surface area contributed by atoms with Crippen LogP contribution in [0.3, 0.4) is 0 Å². The summed E-state index contributed by atoms with van der Waals surface area (Å²) < 4.78 is 31.7. The van der Waals surface area contributed by atoms with Gasteiger partial charge in [0.05, 0.1) is 5.41 Å². The van der Waals surface area contributed by atoms with Gasteiger partial charge < -0.3 is 20.6 Å². The number of rotatable bonds is 3. The molecule has 30 heavy (non-hydrogen) atoms. The van der Waals surface area contributed by atoms with Crippen molar-refractivity contribution in [2.75, 3.05) is 25.0 Å². The number of fused-ring (bicyclic) bond motifs is 2. The summed E-state index contributed by atoms with van der Waals surface area (Å²) in [6.45, 7) is 5.04. The molecule has 3 aliphatic rings. The van der Waals surface area contributed by atoms with Gasteiger partial charge in [-0.25, -0.2) is 4.79 Å². The number of carboxylic acid groups (broad SMARTS) is 1. The van der Waals surface area contributed by atoms with E-state index < -0.39 is 17.6 Å². The lowest BCUT2D eigenvalue weighted by Gasteiger charge is -2.37. The number of piperidine rings is 1. The smallest absolute Gasteiger partial charge is 0.475 e. The van der Waals surface area contributed by atoms with Crippen LogP contribution in [0.5, 0.6) is 0 Å². The minimum absolute atomic E-state index is 0.0178. The Balaban J connectivity index is 0.000000318. The number of hydrogen-bond acceptors (Lipinski definition) is 4. The number of carbonyl (C=O) groups excluding carboxylic acids is 2. The Morgan fingerprint density at radius 2 is 1.87 bits per heavy atom. The van der Waals surface area contributed by atoms with Crippen molar-refractivity contribution < 1.29 is 32.7 Å². The summed E-state index contributed by atoms with van der Waals surface area (Å²) in [5.41, 5.74) is 2.12. The Kier molecular flexibility index (Phi) is 6.07. The highest BCUT2D eigenvalue weighted by Crippen LogP contribution is 2.45. The molecule has 1 aromatic rings. The van der Waals surface area contributed by atoms with E-state index in [-0.39, 0.29) is 11.8 Å². The fourth-order valence-corrected chi connectivity index (χ4v) is 3.80. The van der Waals surface area contributed by atoms with Crippen LogP contribution in [0.25, 0.3) is 0 Å². The van der Waals surface area contributed by atoms with Gasteiger partial charge >= 0.3 is 12.1 Å². The summed E-state index contributed by atoms with van der Waals surface area (Å²) in [7, 11) is 0. The van der Waals surface area contributed by atoms with Gasteiger partial charge in [0, 0.05) is 17.3 Å². The Morgan fingerprint density at radius 3 is 2.37 bits per heavy atom. The van der Waals surface area contributed by atoms with Crippen molar-refractivity contribution in [3.63, 3.8) is 0 Å². The second-order valence-corrected chi connectivity index (χ2v) is 7.78. The van der Waals surface area contributed by atoms with E-state index in [2.05, 4.69) is 22.5 Å². The summed E-state index contributed by atoms with van der Waals surface area (Å²) in [5.74, 6) is -2.67. The molecule has 2 fully saturated rings. The zero-order valence-electron chi connectivity index (χ0n) is 16.5. The molecule has 7 nitrogen and oxygen atoms in total. The van der Waals surface area contributed by atoms with Gasteiger partial charge in [0.15, 0.2) is 0 Å². The number of alkyl halides is 3. The van der Waals surface area contributed by atoms with Crippen LogP contribution >= 0.6 is 0 Å². The minimum Gasteiger partial charge on any atom is -0.475 e. The summed E-state index contributed by atoms with van der Waals surface area (Å²) in [4.78, 5) is 36.2. The van der Waals surface area contributed by atoms with Gasteiger partial charge in [-0.15, -0.1) is 0 Å². The molecule has 3 N–H and O–H groups in total. The number of hydrogen-bond donors (Lipinski definition) is 3. The minimum atomic E-state index is -5.08. The maximum Gasteiger partial charge on any atom is 0.490 e. The first-order valence-corrected chi connectivity index (χ1v) is 9.86. The van der Waals surface area contributed by atoms with Gasteiger partial charge in [0.2, 0.25) is 5.91 Å². The normalized spacial score (nSPS) is 20.1. The molecular weight excluding hydrogens is 403 g/mol. The maximum absolute atomic E-state index is 12.6. The number of anilines is 1. The summed E-state index contributed by atoms with van der Waals surface area (Å²) in [6, 6.07) is 5.98. The molecule has 1 aromatic carbocycles. The van der Waals surface area contributed by atoms with E-state index in [0.717, 1.165) is 56.6 Å². The van der Waals surface area contributed by atoms with Crippen LogP contribution in [0, 0.1) is 0 Å². The molecule has 0 atom stereocenters. The topological polar surface area (TPSA) is 98.7 Å². The lowest BCUT2D eigenvalue weighted by molar-refractivity contribution is -0.192. The van der Waals surface area contributed by atoms with Crippen molar-refractivity contribution in [2.45, 2.75) is 50.2 Å². The predicted octanol–water partition coefficient (Wildman–Crippen LogP) is 2.52. The Morgan fingerprint density at radius 1 is 1.27 bits per heavy atom. The van der Waals surface area contributed by atoms with Crippen LogP contribution in [0.1, 0.15) is 48.5 Å². The first-order chi connectivity index (χ1) is 14.1. The lowest BCUT2D eigenvalue weighted by Crippen LogP contribution is -2.46. The molecule has 0 aromatic heterocycles. The molecular formula is C20H24F3N3O4. The van der Waals surface area contributed by atoms with Crippen LogP contribution in [-0.2, 0) is 15.0 Å². The van der Waals surface area contributed by atoms with E-state index in [0.29, 0.717) is 11.6 Å². The van der Waals surface area contributed by atoms with E-state index in [9.17, 15) is 22.8 Å². The molecule has 0 bridgehead atoms. The van der Waals surface area contributed by atoms with Crippen LogP contribution in [0.4, 0.5) is 18.9 Å². The van der Waals surface area contributed by atoms with Gasteiger partial charge in [0.25, 0.3) is 5.91 Å². The van der Waals surface area contributed by atoms with Gasteiger partial charge in [-0.1, -0.05) is 6.92 Å². The van der Waals surface area contributed by atoms with E-state index in [4.69, 9.17) is 9.90 Å². The number of nitrogens with zero attached hydrogens (tertiary/aromatic N) is 1. The Labute approximate surface area is 171 Å². The van der Waals surface area contributed by atoms with Crippen molar-refractivity contribution >= 4 is 23.5 Å². The highest BCUT2D eigenvalue weighted by molar-refractivity contribution is 6.07. The van der Waals surface area contributed by atoms with E-state index in [1.807, 2.05) is 18.2 Å². The number of likely N-dealkylation sites (tertiary alicyclic amines) is 1. The monoisotopic (exact) mass is 427 g/mol. The molecule has 2 amide bonds. The molecule has 164 valence electrons. The standard InChI is InChI=1S/C18H23N3O2.C2HF3O2/c1-2-21-9-7-18(8-10-21)14-11-12(16(22)19-13-4-5-13)3-6-15(14)20-17(18)23;3-2(4,5)1(6)7/h3,6,11,13H,2,4-5,7-10H2,1H3,(H,19,22)(H,20,23);(H,6,7). The molecule has 1 saturated carbocycles. The average Bonchev–Trinajstić information content (AvgIpc) is 3.47. The van der Waals surface area contributed by atoms with Crippen LogP contribution in [-0.4, -0.2) is 59.6 Å². The first-order valence-electron chi connectivity index (χ1n) is 9.86. The second-order valence-electron chi connectivity index (χ2n) is 7.78. The fraction of sp³-hybridized carbons (Fsp3) is 0.550. The van der Waals surface area contributed by atoms with E-state index in [1.165, 1.54) is 0 Å². The van der Waals surface area contributed by atoms with Crippen molar-refractivity contribution in [1.82, 2.24) is 10.2 Å². The third kappa shape index (κ3) is 4.58. The zero-order chi connectivity index (χ0) is 22.1. The number of halogens is 3. The Hall–Kier alpha value is -2.62. The van der Waals surface area contributed by atoms with E-state index in [1.54, 1.807) is 0 Å². The molecule has 0 radical (unpaired) electrons. The molecule has 2 heterocycles. The molecule has 2 aliphatic heterocycles. The van der Waals surface area contributed by atoms with Crippen molar-refractivity contribution in [3.05, 3.63) is 29.3 Å². The highest BCUT2D eigenvalue weighted by atomic mass is 19.4. The number of carbonyl (C=O) groups is 3. The molecule has 4 rings (SSSR count). The van der Waals surface area contributed by atoms with Gasteiger partial charge in [-0.3, -0.25) is 9.59 Å². The van der Waals surface area contributed by atoms with Crippen LogP contribution < -0.4 is 10.6 Å². The molecule has 1 spiro atoms. The van der Waals surface area contributed by atoms with E-state index >= 15 is 0 Å². The largest absolute Gasteiger partial charge is 0.490 e. The SMILES string of the molecule is CCN1CCC2(CC1)C(=O)Nc1ccc(C(=O)NC3CC3)cc12.O=C(O)C(F)(F)F. The van der Waals surface area contributed by atoms with Gasteiger partial charge in [-0.05, 0) is 69.1 Å². The lowest BCUT2D eigenvalue weighted by atomic mass is 9.73. The highest BCUT2D eigenvalue weighted by Gasteiger charge is 2.48. The number of carboxylic acids is 1. The average molecular weight is 427 g/mol. The van der Waals surface area contributed by atoms with Crippen LogP contribution in [0.2, 0.25) is 0 Å². The molecule has 1 aliphatic carbocycles. The zero-order valence-corrected chi connectivity index (χ0v) is 16.5. The summed E-state index contributed by atoms with van der Waals surface area (Å²) in [6.07, 6.45) is -1.28. The van der Waals surface area contributed by atoms with Crippen molar-refractivity contribution in [2.24, 2.45) is 0 Å². The van der Waals surface area contributed by atoms with Crippen LogP contribution in [0.15, 0.2) is 18.2 Å². The van der Waals surface area contributed by atoms with Crippen molar-refractivity contribution in [3.8, 4) is 0 Å². The maximum atomic E-state index is 12.6. The van der Waals surface area contributed by atoms with Gasteiger partial charge in [0.1, 0.15) is 0 Å². The quantitative estimate of drug-likeness (QED) is 0.689.